The van der Waals surface area contributed by atoms with E-state index in [1.54, 1.807) is 12.1 Å². The lowest BCUT2D eigenvalue weighted by atomic mass is 9.74. The predicted molar refractivity (Wildman–Crippen MR) is 84.1 cm³/mol. The van der Waals surface area contributed by atoms with Crippen molar-refractivity contribution < 1.29 is 9.50 Å². The van der Waals surface area contributed by atoms with Crippen LogP contribution in [0.3, 0.4) is 0 Å². The summed E-state index contributed by atoms with van der Waals surface area (Å²) < 4.78 is 13.7. The van der Waals surface area contributed by atoms with Crippen molar-refractivity contribution in [1.29, 1.82) is 0 Å². The highest BCUT2D eigenvalue weighted by Crippen LogP contribution is 2.35. The number of hydrogen-bond acceptors (Lipinski definition) is 1. The normalized spacial score (nSPS) is 24.9. The van der Waals surface area contributed by atoms with E-state index in [0.717, 1.165) is 30.2 Å². The third-order valence-electron chi connectivity index (χ3n) is 4.73. The molecule has 0 spiro atoms. The summed E-state index contributed by atoms with van der Waals surface area (Å²) in [7, 11) is 0. The van der Waals surface area contributed by atoms with Gasteiger partial charge in [-0.3, -0.25) is 0 Å². The van der Waals surface area contributed by atoms with Crippen molar-refractivity contribution in [2.75, 3.05) is 0 Å². The van der Waals surface area contributed by atoms with Crippen molar-refractivity contribution >= 4 is 15.9 Å². The standard InChI is InChI=1S/C17H24BrFO/c1-11(2)13-4-6-14(7-5-13)17(20)10-12-3-8-16(19)15(18)9-12/h3,8-9,11,13-14,17,20H,4-7,10H2,1-2H3. The Morgan fingerprint density at radius 1 is 1.20 bits per heavy atom. The summed E-state index contributed by atoms with van der Waals surface area (Å²) in [4.78, 5) is 0. The van der Waals surface area contributed by atoms with E-state index in [1.165, 1.54) is 18.9 Å². The molecule has 0 saturated heterocycles. The number of aliphatic hydroxyl groups excluding tert-OH is 1. The second-order valence-corrected chi connectivity index (χ2v) is 7.29. The molecule has 1 N–H and O–H groups in total. The number of hydrogen-bond donors (Lipinski definition) is 1. The van der Waals surface area contributed by atoms with Crippen LogP contribution in [0.4, 0.5) is 4.39 Å². The summed E-state index contributed by atoms with van der Waals surface area (Å²) in [5.74, 6) is 1.72. The fraction of sp³-hybridized carbons (Fsp3) is 0.647. The van der Waals surface area contributed by atoms with Crippen LogP contribution in [-0.4, -0.2) is 11.2 Å². The van der Waals surface area contributed by atoms with Crippen molar-refractivity contribution in [3.05, 3.63) is 34.1 Å². The molecule has 0 heterocycles. The van der Waals surface area contributed by atoms with Crippen molar-refractivity contribution in [1.82, 2.24) is 0 Å². The van der Waals surface area contributed by atoms with Crippen LogP contribution in [0.5, 0.6) is 0 Å². The summed E-state index contributed by atoms with van der Waals surface area (Å²) in [6, 6.07) is 5.00. The average Bonchev–Trinajstić information content (AvgIpc) is 2.43. The van der Waals surface area contributed by atoms with E-state index in [4.69, 9.17) is 0 Å². The molecule has 2 rings (SSSR count). The SMILES string of the molecule is CC(C)C1CCC(C(O)Cc2ccc(F)c(Br)c2)CC1. The Morgan fingerprint density at radius 2 is 1.80 bits per heavy atom. The first-order valence-corrected chi connectivity index (χ1v) is 8.38. The maximum Gasteiger partial charge on any atom is 0.137 e. The van der Waals surface area contributed by atoms with Gasteiger partial charge >= 0.3 is 0 Å². The van der Waals surface area contributed by atoms with Crippen molar-refractivity contribution in [3.63, 3.8) is 0 Å². The lowest BCUT2D eigenvalue weighted by Crippen LogP contribution is -2.28. The second-order valence-electron chi connectivity index (χ2n) is 6.44. The fourth-order valence-corrected chi connectivity index (χ4v) is 3.70. The highest BCUT2D eigenvalue weighted by molar-refractivity contribution is 9.10. The summed E-state index contributed by atoms with van der Waals surface area (Å²) >= 11 is 3.20. The Labute approximate surface area is 129 Å². The molecular weight excluding hydrogens is 319 g/mol. The van der Waals surface area contributed by atoms with Crippen LogP contribution >= 0.6 is 15.9 Å². The second kappa shape index (κ2) is 7.04. The van der Waals surface area contributed by atoms with Gasteiger partial charge in [-0.1, -0.05) is 19.9 Å². The Morgan fingerprint density at radius 3 is 2.35 bits per heavy atom. The number of halogens is 2. The minimum atomic E-state index is -0.305. The van der Waals surface area contributed by atoms with Crippen LogP contribution in [0.25, 0.3) is 0 Å². The zero-order valence-electron chi connectivity index (χ0n) is 12.3. The minimum absolute atomic E-state index is 0.249. The van der Waals surface area contributed by atoms with Crippen LogP contribution in [0.2, 0.25) is 0 Å². The molecule has 112 valence electrons. The molecule has 0 radical (unpaired) electrons. The molecular formula is C17H24BrFO. The lowest BCUT2D eigenvalue weighted by Gasteiger charge is -2.33. The van der Waals surface area contributed by atoms with Gasteiger partial charge in [-0.2, -0.15) is 0 Å². The smallest absolute Gasteiger partial charge is 0.137 e. The first-order valence-electron chi connectivity index (χ1n) is 7.59. The van der Waals surface area contributed by atoms with Crippen molar-refractivity contribution in [2.24, 2.45) is 17.8 Å². The van der Waals surface area contributed by atoms with E-state index in [0.29, 0.717) is 16.8 Å². The predicted octanol–water partition coefficient (Wildman–Crippen LogP) is 4.95. The maximum absolute atomic E-state index is 13.2. The van der Waals surface area contributed by atoms with Gasteiger partial charge in [-0.25, -0.2) is 4.39 Å². The summed E-state index contributed by atoms with van der Waals surface area (Å²) in [5.41, 5.74) is 0.997. The molecule has 1 saturated carbocycles. The van der Waals surface area contributed by atoms with Crippen LogP contribution in [0.15, 0.2) is 22.7 Å². The zero-order valence-corrected chi connectivity index (χ0v) is 13.9. The maximum atomic E-state index is 13.2. The highest BCUT2D eigenvalue weighted by atomic mass is 79.9. The third kappa shape index (κ3) is 4.05. The Bertz CT molecular complexity index is 439. The molecule has 0 aliphatic heterocycles. The highest BCUT2D eigenvalue weighted by Gasteiger charge is 2.27. The monoisotopic (exact) mass is 342 g/mol. The summed E-state index contributed by atoms with van der Waals surface area (Å²) in [6.07, 6.45) is 5.01. The van der Waals surface area contributed by atoms with Crippen LogP contribution in [0, 0.1) is 23.6 Å². The van der Waals surface area contributed by atoms with Gasteiger partial charge in [-0.05, 0) is 83.5 Å². The minimum Gasteiger partial charge on any atom is -0.392 e. The van der Waals surface area contributed by atoms with Crippen LogP contribution < -0.4 is 0 Å². The van der Waals surface area contributed by atoms with Gasteiger partial charge in [0.05, 0.1) is 10.6 Å². The quantitative estimate of drug-likeness (QED) is 0.820. The number of benzene rings is 1. The van der Waals surface area contributed by atoms with E-state index in [2.05, 4.69) is 29.8 Å². The van der Waals surface area contributed by atoms with E-state index in [-0.39, 0.29) is 11.9 Å². The zero-order chi connectivity index (χ0) is 14.7. The molecule has 20 heavy (non-hydrogen) atoms. The number of aliphatic hydroxyl groups is 1. The van der Waals surface area contributed by atoms with Gasteiger partial charge in [-0.15, -0.1) is 0 Å². The van der Waals surface area contributed by atoms with Crippen molar-refractivity contribution in [2.45, 2.75) is 52.1 Å². The van der Waals surface area contributed by atoms with Gasteiger partial charge < -0.3 is 5.11 Å². The fourth-order valence-electron chi connectivity index (χ4n) is 3.27. The van der Waals surface area contributed by atoms with Gasteiger partial charge in [0.1, 0.15) is 5.82 Å². The van der Waals surface area contributed by atoms with Gasteiger partial charge in [0, 0.05) is 0 Å². The molecule has 1 nitrogen and oxygen atoms in total. The molecule has 0 bridgehead atoms. The van der Waals surface area contributed by atoms with E-state index in [1.807, 2.05) is 0 Å². The molecule has 0 amide bonds. The molecule has 1 aliphatic rings. The first-order chi connectivity index (χ1) is 9.47. The topological polar surface area (TPSA) is 20.2 Å². The first kappa shape index (κ1) is 16.0. The Kier molecular flexibility index (Phi) is 5.62. The Hall–Kier alpha value is -0.410. The third-order valence-corrected chi connectivity index (χ3v) is 5.34. The molecule has 1 fully saturated rings. The lowest BCUT2D eigenvalue weighted by molar-refractivity contribution is 0.0675. The van der Waals surface area contributed by atoms with E-state index < -0.39 is 0 Å². The molecule has 1 aliphatic carbocycles. The molecule has 1 unspecified atom stereocenters. The van der Waals surface area contributed by atoms with E-state index >= 15 is 0 Å². The Balaban J connectivity index is 1.89. The van der Waals surface area contributed by atoms with Gasteiger partial charge in [0.15, 0.2) is 0 Å². The van der Waals surface area contributed by atoms with Gasteiger partial charge in [0.25, 0.3) is 0 Å². The largest absolute Gasteiger partial charge is 0.392 e. The molecule has 3 heteroatoms. The molecule has 1 atom stereocenters. The van der Waals surface area contributed by atoms with Crippen molar-refractivity contribution in [3.8, 4) is 0 Å². The van der Waals surface area contributed by atoms with Crippen LogP contribution in [0.1, 0.15) is 45.1 Å². The van der Waals surface area contributed by atoms with Gasteiger partial charge in [0.2, 0.25) is 0 Å². The molecule has 1 aromatic rings. The molecule has 0 aromatic heterocycles. The van der Waals surface area contributed by atoms with E-state index in [9.17, 15) is 9.50 Å². The summed E-state index contributed by atoms with van der Waals surface area (Å²) in [6.45, 7) is 4.58. The summed E-state index contributed by atoms with van der Waals surface area (Å²) in [5, 5.41) is 10.4. The van der Waals surface area contributed by atoms with Crippen LogP contribution in [-0.2, 0) is 6.42 Å². The number of rotatable bonds is 4. The average molecular weight is 343 g/mol. The molecule has 1 aromatic carbocycles.